The summed E-state index contributed by atoms with van der Waals surface area (Å²) in [5, 5.41) is 11.9. The Morgan fingerprint density at radius 3 is 2.16 bits per heavy atom. The summed E-state index contributed by atoms with van der Waals surface area (Å²) >= 11 is 0. The molecule has 2 N–H and O–H groups in total. The van der Waals surface area contributed by atoms with Gasteiger partial charge in [0.15, 0.2) is 0 Å². The number of esters is 1. The molecular formula is C31H32N2O5. The molecule has 7 heteroatoms. The van der Waals surface area contributed by atoms with Crippen molar-refractivity contribution in [3.05, 3.63) is 107 Å². The summed E-state index contributed by atoms with van der Waals surface area (Å²) in [6.45, 7) is 2.27. The zero-order valence-electron chi connectivity index (χ0n) is 21.4. The summed E-state index contributed by atoms with van der Waals surface area (Å²) in [7, 11) is 0. The minimum absolute atomic E-state index is 0.0964. The zero-order chi connectivity index (χ0) is 26.9. The van der Waals surface area contributed by atoms with Gasteiger partial charge in [-0.3, -0.25) is 9.69 Å². The molecule has 0 aromatic heterocycles. The first-order valence-electron chi connectivity index (χ1n) is 12.8. The Morgan fingerprint density at radius 2 is 1.50 bits per heavy atom. The van der Waals surface area contributed by atoms with Crippen molar-refractivity contribution in [3.63, 3.8) is 0 Å². The van der Waals surface area contributed by atoms with Crippen LogP contribution in [0, 0.1) is 0 Å². The number of carboxylic acids is 1. The molecule has 7 nitrogen and oxygen atoms in total. The van der Waals surface area contributed by atoms with Gasteiger partial charge in [0, 0.05) is 18.7 Å². The maximum absolute atomic E-state index is 13.4. The van der Waals surface area contributed by atoms with Crippen molar-refractivity contribution < 1.29 is 24.2 Å². The molecule has 2 amide bonds. The van der Waals surface area contributed by atoms with Gasteiger partial charge in [-0.05, 0) is 42.0 Å². The van der Waals surface area contributed by atoms with Crippen LogP contribution in [0.15, 0.2) is 96.2 Å². The Bertz CT molecular complexity index is 1290. The maximum atomic E-state index is 13.4. The number of aliphatic carboxylic acids is 1. The number of nitrogens with one attached hydrogen (secondary N) is 1. The lowest BCUT2D eigenvalue weighted by Crippen LogP contribution is -2.48. The predicted molar refractivity (Wildman–Crippen MR) is 145 cm³/mol. The number of rotatable bonds is 11. The topological polar surface area (TPSA) is 95.9 Å². The first-order chi connectivity index (χ1) is 18.4. The number of carbonyl (C=O) groups excluding carboxylic acids is 2. The number of unbranched alkanes of at least 4 members (excludes halogenated alkanes) is 2. The first kappa shape index (κ1) is 26.7. The standard InChI is InChI=1S/C31H32N2O5/c1-22-28(30(36)38-21-23-11-5-2-6-12-23)29(32-31(37)33(22)20-10-4-9-15-27(34)35)26-18-16-25(17-19-26)24-13-7-3-8-14-24/h2-3,5-8,11-14,16-19,29H,4,9-10,15,20-21H2,1H3,(H,32,37)(H,34,35)/t29-/m1/s1. The monoisotopic (exact) mass is 512 g/mol. The van der Waals surface area contributed by atoms with E-state index in [4.69, 9.17) is 9.84 Å². The average Bonchev–Trinajstić information content (AvgIpc) is 2.94. The molecule has 4 rings (SSSR count). The van der Waals surface area contributed by atoms with Crippen LogP contribution in [0.25, 0.3) is 11.1 Å². The quantitative estimate of drug-likeness (QED) is 0.240. The van der Waals surface area contributed by atoms with E-state index in [1.807, 2.05) is 84.9 Å². The second-order valence-corrected chi connectivity index (χ2v) is 9.29. The Morgan fingerprint density at radius 1 is 0.868 bits per heavy atom. The van der Waals surface area contributed by atoms with Crippen LogP contribution in [-0.2, 0) is 20.9 Å². The van der Waals surface area contributed by atoms with Crippen LogP contribution >= 0.6 is 0 Å². The molecule has 1 atom stereocenters. The third-order valence-corrected chi connectivity index (χ3v) is 6.65. The minimum Gasteiger partial charge on any atom is -0.481 e. The van der Waals surface area contributed by atoms with Crippen LogP contribution in [0.4, 0.5) is 4.79 Å². The molecule has 38 heavy (non-hydrogen) atoms. The number of nitrogens with zero attached hydrogens (tertiary/aromatic N) is 1. The molecule has 1 aliphatic heterocycles. The maximum Gasteiger partial charge on any atom is 0.338 e. The first-order valence-corrected chi connectivity index (χ1v) is 12.8. The lowest BCUT2D eigenvalue weighted by molar-refractivity contribution is -0.141. The number of amides is 2. The number of allylic oxidation sites excluding steroid dienone is 1. The highest BCUT2D eigenvalue weighted by Crippen LogP contribution is 2.33. The van der Waals surface area contributed by atoms with E-state index >= 15 is 0 Å². The lowest BCUT2D eigenvalue weighted by Gasteiger charge is -2.35. The SMILES string of the molecule is CC1=C(C(=O)OCc2ccccc2)[C@@H](c2ccc(-c3ccccc3)cc2)NC(=O)N1CCCCCC(=O)O. The third kappa shape index (κ3) is 6.68. The fourth-order valence-electron chi connectivity index (χ4n) is 4.59. The van der Waals surface area contributed by atoms with Crippen LogP contribution in [0.5, 0.6) is 0 Å². The summed E-state index contributed by atoms with van der Waals surface area (Å²) in [5.41, 5.74) is 4.70. The van der Waals surface area contributed by atoms with Crippen LogP contribution < -0.4 is 5.32 Å². The molecule has 0 aliphatic carbocycles. The predicted octanol–water partition coefficient (Wildman–Crippen LogP) is 6.08. The molecular weight excluding hydrogens is 480 g/mol. The molecule has 3 aromatic carbocycles. The van der Waals surface area contributed by atoms with Gasteiger partial charge in [-0.15, -0.1) is 0 Å². The normalized spacial score (nSPS) is 15.2. The molecule has 0 saturated heterocycles. The summed E-state index contributed by atoms with van der Waals surface area (Å²) in [6, 6.07) is 26.3. The molecule has 0 fully saturated rings. The summed E-state index contributed by atoms with van der Waals surface area (Å²) in [5.74, 6) is -1.32. The molecule has 3 aromatic rings. The number of carboxylic acid groups (broad SMARTS) is 1. The Kier molecular flexibility index (Phi) is 8.93. The number of benzene rings is 3. The van der Waals surface area contributed by atoms with Crippen molar-refractivity contribution in [1.29, 1.82) is 0 Å². The van der Waals surface area contributed by atoms with Gasteiger partial charge in [0.25, 0.3) is 0 Å². The van der Waals surface area contributed by atoms with Crippen molar-refractivity contribution in [2.45, 2.75) is 45.3 Å². The second-order valence-electron chi connectivity index (χ2n) is 9.29. The van der Waals surface area contributed by atoms with Gasteiger partial charge in [-0.25, -0.2) is 9.59 Å². The van der Waals surface area contributed by atoms with Gasteiger partial charge < -0.3 is 15.2 Å². The molecule has 0 saturated carbocycles. The molecule has 0 radical (unpaired) electrons. The summed E-state index contributed by atoms with van der Waals surface area (Å²) in [4.78, 5) is 38.9. The molecule has 1 heterocycles. The van der Waals surface area contributed by atoms with Gasteiger partial charge >= 0.3 is 18.0 Å². The van der Waals surface area contributed by atoms with Crippen LogP contribution in [0.1, 0.15) is 49.8 Å². The number of ether oxygens (including phenoxy) is 1. The molecule has 196 valence electrons. The number of hydrogen-bond acceptors (Lipinski definition) is 4. The van der Waals surface area contributed by atoms with E-state index in [2.05, 4.69) is 5.32 Å². The fraction of sp³-hybridized carbons (Fsp3) is 0.258. The molecule has 1 aliphatic rings. The van der Waals surface area contributed by atoms with Gasteiger partial charge in [-0.2, -0.15) is 0 Å². The number of hydrogen-bond donors (Lipinski definition) is 2. The van der Waals surface area contributed by atoms with E-state index in [1.54, 1.807) is 11.8 Å². The van der Waals surface area contributed by atoms with E-state index in [9.17, 15) is 14.4 Å². The van der Waals surface area contributed by atoms with Gasteiger partial charge in [0.05, 0.1) is 11.6 Å². The van der Waals surface area contributed by atoms with Crippen LogP contribution in [0.2, 0.25) is 0 Å². The average molecular weight is 513 g/mol. The number of carbonyl (C=O) groups is 3. The summed E-state index contributed by atoms with van der Waals surface area (Å²) in [6.07, 6.45) is 1.93. The Hall–Kier alpha value is -4.39. The third-order valence-electron chi connectivity index (χ3n) is 6.65. The van der Waals surface area contributed by atoms with E-state index < -0.39 is 18.0 Å². The van der Waals surface area contributed by atoms with Gasteiger partial charge in [0.2, 0.25) is 0 Å². The van der Waals surface area contributed by atoms with Gasteiger partial charge in [-0.1, -0.05) is 91.3 Å². The summed E-state index contributed by atoms with van der Waals surface area (Å²) < 4.78 is 5.70. The fourth-order valence-corrected chi connectivity index (χ4v) is 4.59. The molecule has 0 bridgehead atoms. The van der Waals surface area contributed by atoms with Crippen molar-refractivity contribution >= 4 is 18.0 Å². The van der Waals surface area contributed by atoms with E-state index in [1.165, 1.54) is 0 Å². The lowest BCUT2D eigenvalue weighted by atomic mass is 9.93. The van der Waals surface area contributed by atoms with Crippen molar-refractivity contribution in [1.82, 2.24) is 10.2 Å². The largest absolute Gasteiger partial charge is 0.481 e. The minimum atomic E-state index is -0.832. The molecule has 0 spiro atoms. The second kappa shape index (κ2) is 12.7. The smallest absolute Gasteiger partial charge is 0.338 e. The Balaban J connectivity index is 1.58. The van der Waals surface area contributed by atoms with Crippen LogP contribution in [0.3, 0.4) is 0 Å². The van der Waals surface area contributed by atoms with Crippen molar-refractivity contribution in [2.24, 2.45) is 0 Å². The van der Waals surface area contributed by atoms with E-state index in [-0.39, 0.29) is 19.1 Å². The highest BCUT2D eigenvalue weighted by Gasteiger charge is 2.36. The molecule has 0 unspecified atom stereocenters. The van der Waals surface area contributed by atoms with Crippen LogP contribution in [-0.4, -0.2) is 34.5 Å². The van der Waals surface area contributed by atoms with E-state index in [0.717, 1.165) is 22.3 Å². The highest BCUT2D eigenvalue weighted by atomic mass is 16.5. The highest BCUT2D eigenvalue weighted by molar-refractivity contribution is 5.95. The number of urea groups is 1. The van der Waals surface area contributed by atoms with E-state index in [0.29, 0.717) is 37.1 Å². The van der Waals surface area contributed by atoms with Gasteiger partial charge in [0.1, 0.15) is 6.61 Å². The zero-order valence-corrected chi connectivity index (χ0v) is 21.4. The van der Waals surface area contributed by atoms with Crippen molar-refractivity contribution in [2.75, 3.05) is 6.54 Å². The Labute approximate surface area is 222 Å². The van der Waals surface area contributed by atoms with Crippen molar-refractivity contribution in [3.8, 4) is 11.1 Å².